The molecule has 0 unspecified atom stereocenters. The molecule has 0 saturated carbocycles. The normalized spacial score (nSPS) is 10.8. The Morgan fingerprint density at radius 1 is 1.12 bits per heavy atom. The van der Waals surface area contributed by atoms with E-state index in [1.165, 1.54) is 0 Å². The summed E-state index contributed by atoms with van der Waals surface area (Å²) in [5, 5.41) is 2.98. The van der Waals surface area contributed by atoms with E-state index in [0.717, 1.165) is 22.5 Å². The molecule has 5 nitrogen and oxygen atoms in total. The standard InChI is InChI=1S/C19H22N4O/c1-14-21-17-6-4-5-7-18(17)23(14)13-12-20-19(24)15-8-10-16(11-9-15)22(2)3/h4-11H,12-13H2,1-3H3,(H,20,24). The number of imidazole rings is 1. The highest BCUT2D eigenvalue weighted by atomic mass is 16.1. The lowest BCUT2D eigenvalue weighted by molar-refractivity contribution is 0.0952. The van der Waals surface area contributed by atoms with Gasteiger partial charge < -0.3 is 14.8 Å². The van der Waals surface area contributed by atoms with Crippen molar-refractivity contribution in [3.05, 3.63) is 59.9 Å². The van der Waals surface area contributed by atoms with Gasteiger partial charge in [0.15, 0.2) is 0 Å². The summed E-state index contributed by atoms with van der Waals surface area (Å²) in [6.07, 6.45) is 0. The van der Waals surface area contributed by atoms with Gasteiger partial charge in [0.2, 0.25) is 0 Å². The number of fused-ring (bicyclic) bond motifs is 1. The van der Waals surface area contributed by atoms with Crippen LogP contribution in [0.5, 0.6) is 0 Å². The molecule has 5 heteroatoms. The van der Waals surface area contributed by atoms with Gasteiger partial charge in [-0.3, -0.25) is 4.79 Å². The number of carbonyl (C=O) groups excluding carboxylic acids is 1. The van der Waals surface area contributed by atoms with Crippen molar-refractivity contribution in [3.8, 4) is 0 Å². The zero-order valence-corrected chi connectivity index (χ0v) is 14.3. The first kappa shape index (κ1) is 16.1. The van der Waals surface area contributed by atoms with E-state index >= 15 is 0 Å². The van der Waals surface area contributed by atoms with Crippen LogP contribution in [0.2, 0.25) is 0 Å². The van der Waals surface area contributed by atoms with Crippen LogP contribution in [0, 0.1) is 6.92 Å². The first-order chi connectivity index (χ1) is 11.6. The maximum Gasteiger partial charge on any atom is 0.251 e. The van der Waals surface area contributed by atoms with Crippen molar-refractivity contribution in [1.82, 2.24) is 14.9 Å². The van der Waals surface area contributed by atoms with Gasteiger partial charge in [0.25, 0.3) is 5.91 Å². The zero-order chi connectivity index (χ0) is 17.1. The van der Waals surface area contributed by atoms with Gasteiger partial charge in [-0.15, -0.1) is 0 Å². The summed E-state index contributed by atoms with van der Waals surface area (Å²) in [5.74, 6) is 0.906. The summed E-state index contributed by atoms with van der Waals surface area (Å²) in [5.41, 5.74) is 3.83. The van der Waals surface area contributed by atoms with E-state index in [0.29, 0.717) is 18.7 Å². The van der Waals surface area contributed by atoms with Crippen LogP contribution in [0.15, 0.2) is 48.5 Å². The molecular weight excluding hydrogens is 300 g/mol. The van der Waals surface area contributed by atoms with E-state index in [4.69, 9.17) is 0 Å². The summed E-state index contributed by atoms with van der Waals surface area (Å²) in [6.45, 7) is 3.26. The summed E-state index contributed by atoms with van der Waals surface area (Å²) in [7, 11) is 3.96. The monoisotopic (exact) mass is 322 g/mol. The smallest absolute Gasteiger partial charge is 0.251 e. The van der Waals surface area contributed by atoms with E-state index in [9.17, 15) is 4.79 Å². The summed E-state index contributed by atoms with van der Waals surface area (Å²) in [6, 6.07) is 15.6. The second-order valence-electron chi connectivity index (χ2n) is 6.00. The van der Waals surface area contributed by atoms with Crippen LogP contribution < -0.4 is 10.2 Å². The van der Waals surface area contributed by atoms with Gasteiger partial charge in [0, 0.05) is 38.4 Å². The molecule has 0 atom stereocenters. The second kappa shape index (κ2) is 6.74. The van der Waals surface area contributed by atoms with Crippen molar-refractivity contribution in [1.29, 1.82) is 0 Å². The molecule has 3 rings (SSSR count). The van der Waals surface area contributed by atoms with Gasteiger partial charge in [-0.2, -0.15) is 0 Å². The van der Waals surface area contributed by atoms with Crippen LogP contribution in [0.25, 0.3) is 11.0 Å². The number of hydrogen-bond acceptors (Lipinski definition) is 3. The summed E-state index contributed by atoms with van der Waals surface area (Å²) in [4.78, 5) is 18.8. The lowest BCUT2D eigenvalue weighted by atomic mass is 10.2. The third-order valence-corrected chi connectivity index (χ3v) is 4.11. The van der Waals surface area contributed by atoms with Crippen LogP contribution in [0.3, 0.4) is 0 Å². The predicted octanol–water partition coefficient (Wildman–Crippen LogP) is 2.84. The summed E-state index contributed by atoms with van der Waals surface area (Å²) >= 11 is 0. The molecule has 3 aromatic rings. The molecule has 1 heterocycles. The van der Waals surface area contributed by atoms with Crippen molar-refractivity contribution in [3.63, 3.8) is 0 Å². The Bertz CT molecular complexity index is 849. The molecule has 0 spiro atoms. The van der Waals surface area contributed by atoms with Gasteiger partial charge in [-0.1, -0.05) is 12.1 Å². The molecule has 0 aliphatic rings. The number of anilines is 1. The maximum absolute atomic E-state index is 12.3. The SMILES string of the molecule is Cc1nc2ccccc2n1CCNC(=O)c1ccc(N(C)C)cc1. The van der Waals surface area contributed by atoms with Crippen LogP contribution >= 0.6 is 0 Å². The highest BCUT2D eigenvalue weighted by Crippen LogP contribution is 2.15. The predicted molar refractivity (Wildman–Crippen MR) is 97.6 cm³/mol. The molecule has 124 valence electrons. The highest BCUT2D eigenvalue weighted by Gasteiger charge is 2.08. The molecule has 1 N–H and O–H groups in total. The number of benzene rings is 2. The fraction of sp³-hybridized carbons (Fsp3) is 0.263. The summed E-state index contributed by atoms with van der Waals surface area (Å²) < 4.78 is 2.13. The zero-order valence-electron chi connectivity index (χ0n) is 14.3. The second-order valence-corrected chi connectivity index (χ2v) is 6.00. The Labute approximate surface area is 141 Å². The molecule has 0 radical (unpaired) electrons. The number of hydrogen-bond donors (Lipinski definition) is 1. The molecule has 1 amide bonds. The number of nitrogens with one attached hydrogen (secondary N) is 1. The minimum atomic E-state index is -0.0534. The topological polar surface area (TPSA) is 50.2 Å². The Morgan fingerprint density at radius 2 is 1.83 bits per heavy atom. The molecule has 1 aromatic heterocycles. The van der Waals surface area contributed by atoms with Crippen molar-refractivity contribution in [2.75, 3.05) is 25.5 Å². The average molecular weight is 322 g/mol. The van der Waals surface area contributed by atoms with E-state index < -0.39 is 0 Å². The van der Waals surface area contributed by atoms with E-state index in [1.54, 1.807) is 0 Å². The number of aromatic nitrogens is 2. The van der Waals surface area contributed by atoms with Gasteiger partial charge >= 0.3 is 0 Å². The van der Waals surface area contributed by atoms with Crippen molar-refractivity contribution in [2.45, 2.75) is 13.5 Å². The van der Waals surface area contributed by atoms with E-state index in [1.807, 2.05) is 68.4 Å². The Balaban J connectivity index is 1.63. The number of amides is 1. The van der Waals surface area contributed by atoms with Gasteiger partial charge in [-0.05, 0) is 43.3 Å². The Morgan fingerprint density at radius 3 is 2.54 bits per heavy atom. The fourth-order valence-corrected chi connectivity index (χ4v) is 2.77. The number of aryl methyl sites for hydroxylation is 1. The third kappa shape index (κ3) is 3.25. The molecule has 24 heavy (non-hydrogen) atoms. The molecular formula is C19H22N4O. The van der Waals surface area contributed by atoms with E-state index in [2.05, 4.69) is 20.9 Å². The third-order valence-electron chi connectivity index (χ3n) is 4.11. The number of para-hydroxylation sites is 2. The first-order valence-corrected chi connectivity index (χ1v) is 8.04. The van der Waals surface area contributed by atoms with Gasteiger partial charge in [-0.25, -0.2) is 4.98 Å². The number of rotatable bonds is 5. The average Bonchev–Trinajstić information content (AvgIpc) is 2.90. The molecule has 0 fully saturated rings. The quantitative estimate of drug-likeness (QED) is 0.786. The largest absolute Gasteiger partial charge is 0.378 e. The van der Waals surface area contributed by atoms with Gasteiger partial charge in [0.1, 0.15) is 5.82 Å². The fourth-order valence-electron chi connectivity index (χ4n) is 2.77. The van der Waals surface area contributed by atoms with Crippen molar-refractivity contribution >= 4 is 22.6 Å². The van der Waals surface area contributed by atoms with E-state index in [-0.39, 0.29) is 5.91 Å². The minimum Gasteiger partial charge on any atom is -0.378 e. The van der Waals surface area contributed by atoms with Crippen LogP contribution in [0.4, 0.5) is 5.69 Å². The maximum atomic E-state index is 12.3. The van der Waals surface area contributed by atoms with Crippen LogP contribution in [0.1, 0.15) is 16.2 Å². The van der Waals surface area contributed by atoms with Crippen molar-refractivity contribution in [2.24, 2.45) is 0 Å². The van der Waals surface area contributed by atoms with Crippen LogP contribution in [-0.4, -0.2) is 36.1 Å². The highest BCUT2D eigenvalue weighted by molar-refractivity contribution is 5.94. The number of carbonyl (C=O) groups is 1. The molecule has 0 aliphatic heterocycles. The lowest BCUT2D eigenvalue weighted by Gasteiger charge is -2.13. The van der Waals surface area contributed by atoms with Gasteiger partial charge in [0.05, 0.1) is 11.0 Å². The molecule has 0 bridgehead atoms. The Kier molecular flexibility index (Phi) is 4.51. The number of nitrogens with zero attached hydrogens (tertiary/aromatic N) is 3. The van der Waals surface area contributed by atoms with Crippen molar-refractivity contribution < 1.29 is 4.79 Å². The Hall–Kier alpha value is -2.82. The lowest BCUT2D eigenvalue weighted by Crippen LogP contribution is -2.27. The molecule has 2 aromatic carbocycles. The molecule has 0 aliphatic carbocycles. The van der Waals surface area contributed by atoms with Crippen LogP contribution in [-0.2, 0) is 6.54 Å². The molecule has 0 saturated heterocycles. The minimum absolute atomic E-state index is 0.0534. The first-order valence-electron chi connectivity index (χ1n) is 8.04.